The molecule has 0 heterocycles. The van der Waals surface area contributed by atoms with E-state index in [1.165, 1.54) is 6.92 Å². The maximum Gasteiger partial charge on any atom is 0.271 e. The molecule has 6 heteroatoms. The van der Waals surface area contributed by atoms with Crippen molar-refractivity contribution in [1.82, 2.24) is 5.43 Å². The predicted molar refractivity (Wildman–Crippen MR) is 97.9 cm³/mol. The van der Waals surface area contributed by atoms with Crippen LogP contribution in [-0.2, 0) is 4.79 Å². The first kappa shape index (κ1) is 17.9. The molecule has 2 aromatic carbocycles. The minimum Gasteiger partial charge on any atom is -0.490 e. The van der Waals surface area contributed by atoms with E-state index in [2.05, 4.69) is 22.4 Å². The highest BCUT2D eigenvalue weighted by molar-refractivity contribution is 5.96. The van der Waals surface area contributed by atoms with Gasteiger partial charge in [-0.1, -0.05) is 12.7 Å². The standard InChI is InChI=1S/C19H19N3O3/c1-3-12-25-18-10-4-15(5-11-18)13-20-22-19(24)16-6-8-17(9-7-16)21-14(2)23/h3-11,13H,1,12H2,2H3,(H,21,23)(H,22,24)/b20-13-. The third-order valence-corrected chi connectivity index (χ3v) is 3.10. The third-order valence-electron chi connectivity index (χ3n) is 3.10. The van der Waals surface area contributed by atoms with Gasteiger partial charge in [0.15, 0.2) is 0 Å². The highest BCUT2D eigenvalue weighted by atomic mass is 16.5. The van der Waals surface area contributed by atoms with Crippen molar-refractivity contribution in [3.8, 4) is 5.75 Å². The van der Waals surface area contributed by atoms with Crippen molar-refractivity contribution >= 4 is 23.7 Å². The molecule has 2 N–H and O–H groups in total. The maximum atomic E-state index is 12.0. The van der Waals surface area contributed by atoms with Crippen molar-refractivity contribution in [2.24, 2.45) is 5.10 Å². The molecule has 2 aromatic rings. The van der Waals surface area contributed by atoms with Crippen molar-refractivity contribution in [3.63, 3.8) is 0 Å². The van der Waals surface area contributed by atoms with Crippen molar-refractivity contribution in [2.45, 2.75) is 6.92 Å². The van der Waals surface area contributed by atoms with Crippen molar-refractivity contribution in [2.75, 3.05) is 11.9 Å². The fraction of sp³-hybridized carbons (Fsp3) is 0.105. The van der Waals surface area contributed by atoms with E-state index in [9.17, 15) is 9.59 Å². The Kier molecular flexibility index (Phi) is 6.47. The smallest absolute Gasteiger partial charge is 0.271 e. The molecule has 2 amide bonds. The SMILES string of the molecule is C=CCOc1ccc(/C=N\NC(=O)c2ccc(NC(C)=O)cc2)cc1. The van der Waals surface area contributed by atoms with E-state index >= 15 is 0 Å². The lowest BCUT2D eigenvalue weighted by Crippen LogP contribution is -2.17. The fourth-order valence-electron chi connectivity index (χ4n) is 1.94. The summed E-state index contributed by atoms with van der Waals surface area (Å²) in [6.07, 6.45) is 3.22. The molecular formula is C19H19N3O3. The van der Waals surface area contributed by atoms with Gasteiger partial charge in [-0.05, 0) is 54.1 Å². The largest absolute Gasteiger partial charge is 0.490 e. The van der Waals surface area contributed by atoms with Crippen LogP contribution in [0, 0.1) is 0 Å². The molecule has 2 rings (SSSR count). The lowest BCUT2D eigenvalue weighted by Gasteiger charge is -2.04. The predicted octanol–water partition coefficient (Wildman–Crippen LogP) is 2.97. The van der Waals surface area contributed by atoms with Crippen LogP contribution in [0.15, 0.2) is 66.3 Å². The van der Waals surface area contributed by atoms with Crippen molar-refractivity contribution < 1.29 is 14.3 Å². The first-order chi connectivity index (χ1) is 12.1. The van der Waals surface area contributed by atoms with Gasteiger partial charge in [0.1, 0.15) is 12.4 Å². The Morgan fingerprint density at radius 3 is 2.40 bits per heavy atom. The summed E-state index contributed by atoms with van der Waals surface area (Å²) in [5.41, 5.74) is 4.36. The number of benzene rings is 2. The van der Waals surface area contributed by atoms with Gasteiger partial charge >= 0.3 is 0 Å². The lowest BCUT2D eigenvalue weighted by atomic mass is 10.2. The van der Waals surface area contributed by atoms with E-state index in [-0.39, 0.29) is 11.8 Å². The molecule has 0 aliphatic carbocycles. The number of ether oxygens (including phenoxy) is 1. The second-order valence-electron chi connectivity index (χ2n) is 5.13. The monoisotopic (exact) mass is 337 g/mol. The molecule has 0 aliphatic rings. The summed E-state index contributed by atoms with van der Waals surface area (Å²) in [5, 5.41) is 6.57. The van der Waals surface area contributed by atoms with Crippen molar-refractivity contribution in [3.05, 3.63) is 72.3 Å². The number of nitrogens with zero attached hydrogens (tertiary/aromatic N) is 1. The number of hydrogen-bond donors (Lipinski definition) is 2. The fourth-order valence-corrected chi connectivity index (χ4v) is 1.94. The second-order valence-corrected chi connectivity index (χ2v) is 5.13. The summed E-state index contributed by atoms with van der Waals surface area (Å²) < 4.78 is 5.39. The zero-order valence-corrected chi connectivity index (χ0v) is 13.9. The van der Waals surface area contributed by atoms with Gasteiger partial charge < -0.3 is 10.1 Å². The van der Waals surface area contributed by atoms with Crippen LogP contribution < -0.4 is 15.5 Å². The number of amides is 2. The maximum absolute atomic E-state index is 12.0. The number of anilines is 1. The van der Waals surface area contributed by atoms with Crippen LogP contribution in [0.25, 0.3) is 0 Å². The average molecular weight is 337 g/mol. The van der Waals surface area contributed by atoms with E-state index in [0.717, 1.165) is 11.3 Å². The summed E-state index contributed by atoms with van der Waals surface area (Å²) in [4.78, 5) is 23.0. The Bertz CT molecular complexity index is 766. The minimum absolute atomic E-state index is 0.164. The lowest BCUT2D eigenvalue weighted by molar-refractivity contribution is -0.114. The van der Waals surface area contributed by atoms with E-state index in [1.807, 2.05) is 24.3 Å². The minimum atomic E-state index is -0.337. The Balaban J connectivity index is 1.89. The summed E-state index contributed by atoms with van der Waals surface area (Å²) in [5.74, 6) is 0.236. The first-order valence-electron chi connectivity index (χ1n) is 7.63. The highest BCUT2D eigenvalue weighted by Gasteiger charge is 2.04. The Hall–Kier alpha value is -3.41. The molecule has 0 aromatic heterocycles. The third kappa shape index (κ3) is 5.95. The molecule has 0 spiro atoms. The molecule has 0 aliphatic heterocycles. The van der Waals surface area contributed by atoms with Crippen LogP contribution in [0.3, 0.4) is 0 Å². The van der Waals surface area contributed by atoms with Gasteiger partial charge in [0.25, 0.3) is 5.91 Å². The number of carbonyl (C=O) groups excluding carboxylic acids is 2. The molecule has 0 fully saturated rings. The molecule has 128 valence electrons. The van der Waals surface area contributed by atoms with Gasteiger partial charge in [-0.2, -0.15) is 5.10 Å². The molecule has 0 saturated carbocycles. The Morgan fingerprint density at radius 2 is 1.80 bits per heavy atom. The van der Waals surface area contributed by atoms with Gasteiger partial charge in [0.2, 0.25) is 5.91 Å². The van der Waals surface area contributed by atoms with E-state index in [0.29, 0.717) is 17.9 Å². The van der Waals surface area contributed by atoms with Crippen LogP contribution in [0.1, 0.15) is 22.8 Å². The molecule has 25 heavy (non-hydrogen) atoms. The molecule has 0 unspecified atom stereocenters. The summed E-state index contributed by atoms with van der Waals surface area (Å²) in [6, 6.07) is 13.8. The van der Waals surface area contributed by atoms with Crippen LogP contribution in [0.2, 0.25) is 0 Å². The van der Waals surface area contributed by atoms with Gasteiger partial charge in [-0.15, -0.1) is 0 Å². The summed E-state index contributed by atoms with van der Waals surface area (Å²) >= 11 is 0. The van der Waals surface area contributed by atoms with Gasteiger partial charge in [-0.25, -0.2) is 5.43 Å². The topological polar surface area (TPSA) is 79.8 Å². The number of hydrazone groups is 1. The molecule has 6 nitrogen and oxygen atoms in total. The van der Waals surface area contributed by atoms with Gasteiger partial charge in [-0.3, -0.25) is 9.59 Å². The zero-order chi connectivity index (χ0) is 18.1. The first-order valence-corrected chi connectivity index (χ1v) is 7.63. The van der Waals surface area contributed by atoms with Crippen LogP contribution in [0.4, 0.5) is 5.69 Å². The molecule has 0 radical (unpaired) electrons. The van der Waals surface area contributed by atoms with E-state index in [1.54, 1.807) is 36.6 Å². The van der Waals surface area contributed by atoms with Gasteiger partial charge in [0, 0.05) is 18.2 Å². The number of hydrogen-bond acceptors (Lipinski definition) is 4. The molecule has 0 atom stereocenters. The quantitative estimate of drug-likeness (QED) is 0.463. The average Bonchev–Trinajstić information content (AvgIpc) is 2.61. The summed E-state index contributed by atoms with van der Waals surface area (Å²) in [7, 11) is 0. The molecule has 0 saturated heterocycles. The van der Waals surface area contributed by atoms with Crippen LogP contribution >= 0.6 is 0 Å². The number of carbonyl (C=O) groups is 2. The number of nitrogens with one attached hydrogen (secondary N) is 2. The van der Waals surface area contributed by atoms with Gasteiger partial charge in [0.05, 0.1) is 6.21 Å². The van der Waals surface area contributed by atoms with E-state index in [4.69, 9.17) is 4.74 Å². The Labute approximate surface area is 146 Å². The van der Waals surface area contributed by atoms with Crippen LogP contribution in [0.5, 0.6) is 5.75 Å². The zero-order valence-electron chi connectivity index (χ0n) is 13.9. The van der Waals surface area contributed by atoms with Crippen LogP contribution in [-0.4, -0.2) is 24.6 Å². The molecule has 0 bridgehead atoms. The van der Waals surface area contributed by atoms with E-state index < -0.39 is 0 Å². The van der Waals surface area contributed by atoms with Crippen molar-refractivity contribution in [1.29, 1.82) is 0 Å². The normalized spacial score (nSPS) is 10.3. The summed E-state index contributed by atoms with van der Waals surface area (Å²) in [6.45, 7) is 5.46. The highest BCUT2D eigenvalue weighted by Crippen LogP contribution is 2.11. The second kappa shape index (κ2) is 9.02. The Morgan fingerprint density at radius 1 is 1.12 bits per heavy atom. The number of rotatable bonds is 7. The molecular weight excluding hydrogens is 318 g/mol.